The van der Waals surface area contributed by atoms with E-state index in [0.29, 0.717) is 5.92 Å². The van der Waals surface area contributed by atoms with Crippen LogP contribution in [0.3, 0.4) is 0 Å². The van der Waals surface area contributed by atoms with Crippen LogP contribution in [0.15, 0.2) is 0 Å². The van der Waals surface area contributed by atoms with Crippen LogP contribution in [0.25, 0.3) is 0 Å². The molecule has 0 fully saturated rings. The molecule has 0 saturated carbocycles. The van der Waals surface area contributed by atoms with E-state index in [1.165, 1.54) is 0 Å². The summed E-state index contributed by atoms with van der Waals surface area (Å²) in [4.78, 5) is 13.7. The maximum atomic E-state index is 11.9. The average molecular weight is 220 g/mol. The van der Waals surface area contributed by atoms with Gasteiger partial charge in [-0.25, -0.2) is 0 Å². The predicted molar refractivity (Wildman–Crippen MR) is 61.6 cm³/mol. The van der Waals surface area contributed by atoms with Crippen LogP contribution in [-0.4, -0.2) is 29.3 Å². The summed E-state index contributed by atoms with van der Waals surface area (Å²) < 4.78 is 0. The molecule has 0 aliphatic carbocycles. The van der Waals surface area contributed by atoms with Crippen LogP contribution in [0, 0.1) is 5.92 Å². The van der Waals surface area contributed by atoms with Gasteiger partial charge in [-0.3, -0.25) is 4.79 Å². The van der Waals surface area contributed by atoms with Crippen LogP contribution in [0.4, 0.5) is 0 Å². The number of nitrogens with zero attached hydrogens (tertiary/aromatic N) is 1. The molecule has 0 saturated heterocycles. The first-order valence-electron chi connectivity index (χ1n) is 5.55. The number of halogens is 1. The van der Waals surface area contributed by atoms with Crippen LogP contribution in [0.2, 0.25) is 0 Å². The van der Waals surface area contributed by atoms with Gasteiger partial charge in [0.15, 0.2) is 0 Å². The summed E-state index contributed by atoms with van der Waals surface area (Å²) in [5, 5.41) is -0.343. The van der Waals surface area contributed by atoms with Gasteiger partial charge < -0.3 is 4.90 Å². The van der Waals surface area contributed by atoms with Gasteiger partial charge in [-0.1, -0.05) is 26.7 Å². The van der Waals surface area contributed by atoms with Crippen molar-refractivity contribution in [3.63, 3.8) is 0 Å². The van der Waals surface area contributed by atoms with Gasteiger partial charge in [0.2, 0.25) is 5.91 Å². The molecular formula is C11H22ClNO. The second kappa shape index (κ2) is 7.10. The Morgan fingerprint density at radius 3 is 1.86 bits per heavy atom. The lowest BCUT2D eigenvalue weighted by Gasteiger charge is -2.25. The smallest absolute Gasteiger partial charge is 0.240 e. The highest BCUT2D eigenvalue weighted by molar-refractivity contribution is 6.30. The molecule has 0 N–H and O–H groups in total. The van der Waals surface area contributed by atoms with Gasteiger partial charge in [-0.2, -0.15) is 0 Å². The number of rotatable bonds is 6. The molecule has 0 aliphatic heterocycles. The van der Waals surface area contributed by atoms with Gasteiger partial charge >= 0.3 is 0 Å². The number of carbonyl (C=O) groups excluding carboxylic acids is 1. The summed E-state index contributed by atoms with van der Waals surface area (Å²) in [6.07, 6.45) is 1.94. The van der Waals surface area contributed by atoms with Gasteiger partial charge in [0.05, 0.1) is 0 Å². The van der Waals surface area contributed by atoms with Crippen molar-refractivity contribution in [2.45, 2.75) is 45.9 Å². The molecule has 14 heavy (non-hydrogen) atoms. The molecule has 0 bridgehead atoms. The zero-order valence-electron chi connectivity index (χ0n) is 9.72. The van der Waals surface area contributed by atoms with Crippen LogP contribution in [0.1, 0.15) is 40.5 Å². The lowest BCUT2D eigenvalue weighted by molar-refractivity contribution is -0.131. The summed E-state index contributed by atoms with van der Waals surface area (Å²) in [7, 11) is 0. The van der Waals surface area contributed by atoms with Crippen molar-refractivity contribution in [2.24, 2.45) is 5.92 Å². The van der Waals surface area contributed by atoms with Gasteiger partial charge in [0.1, 0.15) is 5.38 Å². The molecule has 0 heterocycles. The first kappa shape index (κ1) is 13.8. The molecule has 84 valence electrons. The number of hydrogen-bond acceptors (Lipinski definition) is 1. The Kier molecular flexibility index (Phi) is 6.98. The Morgan fingerprint density at radius 2 is 1.57 bits per heavy atom. The number of carbonyl (C=O) groups is 1. The summed E-state index contributed by atoms with van der Waals surface area (Å²) in [6.45, 7) is 9.63. The zero-order valence-corrected chi connectivity index (χ0v) is 10.5. The minimum atomic E-state index is -0.343. The van der Waals surface area contributed by atoms with E-state index in [2.05, 4.69) is 13.8 Å². The summed E-state index contributed by atoms with van der Waals surface area (Å²) in [5.41, 5.74) is 0. The van der Waals surface area contributed by atoms with E-state index >= 15 is 0 Å². The summed E-state index contributed by atoms with van der Waals surface area (Å²) in [5.74, 6) is 0.398. The van der Waals surface area contributed by atoms with Crippen molar-refractivity contribution in [3.05, 3.63) is 0 Å². The topological polar surface area (TPSA) is 20.3 Å². The zero-order chi connectivity index (χ0) is 11.1. The Balaban J connectivity index is 4.34. The third-order valence-corrected chi connectivity index (χ3v) is 3.32. The standard InChI is InChI=1S/C11H22ClNO/c1-5-9(6-2)10(12)11(14)13(7-3)8-4/h9-10H,5-8H2,1-4H3. The fourth-order valence-electron chi connectivity index (χ4n) is 1.61. The van der Waals surface area contributed by atoms with Crippen molar-refractivity contribution in [3.8, 4) is 0 Å². The molecule has 0 radical (unpaired) electrons. The molecule has 1 amide bonds. The second-order valence-corrected chi connectivity index (χ2v) is 3.96. The molecule has 1 unspecified atom stereocenters. The monoisotopic (exact) mass is 219 g/mol. The van der Waals surface area contributed by atoms with Gasteiger partial charge in [-0.05, 0) is 19.8 Å². The Hall–Kier alpha value is -0.240. The molecule has 0 aliphatic rings. The average Bonchev–Trinajstić information content (AvgIpc) is 2.21. The first-order valence-corrected chi connectivity index (χ1v) is 5.98. The van der Waals surface area contributed by atoms with E-state index in [1.54, 1.807) is 4.90 Å². The van der Waals surface area contributed by atoms with Gasteiger partial charge in [0, 0.05) is 13.1 Å². The normalized spacial score (nSPS) is 13.0. The minimum absolute atomic E-state index is 0.0883. The fraction of sp³-hybridized carbons (Fsp3) is 0.909. The number of amides is 1. The van der Waals surface area contributed by atoms with E-state index in [0.717, 1.165) is 25.9 Å². The van der Waals surface area contributed by atoms with E-state index in [4.69, 9.17) is 11.6 Å². The van der Waals surface area contributed by atoms with Gasteiger partial charge in [0.25, 0.3) is 0 Å². The Bertz CT molecular complexity index is 165. The van der Waals surface area contributed by atoms with Crippen LogP contribution >= 0.6 is 11.6 Å². The SMILES string of the molecule is CCC(CC)C(Cl)C(=O)N(CC)CC. The summed E-state index contributed by atoms with van der Waals surface area (Å²) >= 11 is 6.16. The highest BCUT2D eigenvalue weighted by Gasteiger charge is 2.26. The third kappa shape index (κ3) is 3.49. The van der Waals surface area contributed by atoms with E-state index in [9.17, 15) is 4.79 Å². The first-order chi connectivity index (χ1) is 6.62. The quantitative estimate of drug-likeness (QED) is 0.630. The highest BCUT2D eigenvalue weighted by atomic mass is 35.5. The molecule has 0 rings (SSSR count). The van der Waals surface area contributed by atoms with Crippen molar-refractivity contribution in [2.75, 3.05) is 13.1 Å². The van der Waals surface area contributed by atoms with Crippen LogP contribution in [0.5, 0.6) is 0 Å². The van der Waals surface area contributed by atoms with Crippen molar-refractivity contribution in [1.29, 1.82) is 0 Å². The molecule has 3 heteroatoms. The lowest BCUT2D eigenvalue weighted by atomic mass is 9.98. The lowest BCUT2D eigenvalue weighted by Crippen LogP contribution is -2.39. The van der Waals surface area contributed by atoms with Gasteiger partial charge in [-0.15, -0.1) is 11.6 Å². The minimum Gasteiger partial charge on any atom is -0.342 e. The van der Waals surface area contributed by atoms with Crippen molar-refractivity contribution < 1.29 is 4.79 Å². The highest BCUT2D eigenvalue weighted by Crippen LogP contribution is 2.20. The largest absolute Gasteiger partial charge is 0.342 e. The Labute approximate surface area is 92.6 Å². The van der Waals surface area contributed by atoms with Crippen molar-refractivity contribution in [1.82, 2.24) is 4.90 Å². The third-order valence-electron chi connectivity index (χ3n) is 2.77. The molecular weight excluding hydrogens is 198 g/mol. The van der Waals surface area contributed by atoms with E-state index < -0.39 is 0 Å². The number of hydrogen-bond donors (Lipinski definition) is 0. The van der Waals surface area contributed by atoms with Crippen molar-refractivity contribution >= 4 is 17.5 Å². The molecule has 2 nitrogen and oxygen atoms in total. The number of alkyl halides is 1. The molecule has 0 aromatic heterocycles. The second-order valence-electron chi connectivity index (χ2n) is 3.49. The maximum Gasteiger partial charge on any atom is 0.240 e. The predicted octanol–water partition coefficient (Wildman–Crippen LogP) is 2.90. The van der Waals surface area contributed by atoms with E-state index in [-0.39, 0.29) is 11.3 Å². The Morgan fingerprint density at radius 1 is 1.14 bits per heavy atom. The molecule has 1 atom stereocenters. The molecule has 0 aromatic rings. The van der Waals surface area contributed by atoms with Crippen LogP contribution in [-0.2, 0) is 4.79 Å². The van der Waals surface area contributed by atoms with Crippen LogP contribution < -0.4 is 0 Å². The molecule has 0 aromatic carbocycles. The fourth-order valence-corrected chi connectivity index (χ4v) is 2.11. The van der Waals surface area contributed by atoms with E-state index in [1.807, 2.05) is 13.8 Å². The molecule has 0 spiro atoms. The summed E-state index contributed by atoms with van der Waals surface area (Å²) in [6, 6.07) is 0. The maximum absolute atomic E-state index is 11.9.